The fourth-order valence-corrected chi connectivity index (χ4v) is 4.18. The molecule has 3 saturated heterocycles. The summed E-state index contributed by atoms with van der Waals surface area (Å²) >= 11 is 0. The molecule has 0 radical (unpaired) electrons. The van der Waals surface area contributed by atoms with E-state index in [4.69, 9.17) is 4.52 Å². The first-order chi connectivity index (χ1) is 9.72. The molecule has 2 bridgehead atoms. The maximum absolute atomic E-state index is 12.9. The van der Waals surface area contributed by atoms with Crippen molar-refractivity contribution in [1.82, 2.24) is 15.4 Å². The third-order valence-electron chi connectivity index (χ3n) is 5.13. The van der Waals surface area contributed by atoms with Crippen molar-refractivity contribution < 1.29 is 9.32 Å². The minimum absolute atomic E-state index is 0.0998. The quantitative estimate of drug-likeness (QED) is 0.894. The van der Waals surface area contributed by atoms with E-state index in [1.54, 1.807) is 0 Å². The van der Waals surface area contributed by atoms with Crippen LogP contribution in [0.25, 0.3) is 0 Å². The van der Waals surface area contributed by atoms with Gasteiger partial charge >= 0.3 is 0 Å². The maximum Gasteiger partial charge on any atom is 0.227 e. The van der Waals surface area contributed by atoms with Crippen LogP contribution in [0, 0.1) is 12.8 Å². The number of carbonyl (C=O) groups excluding carboxylic acids is 1. The van der Waals surface area contributed by atoms with Gasteiger partial charge in [-0.2, -0.15) is 0 Å². The van der Waals surface area contributed by atoms with Crippen molar-refractivity contribution in [3.63, 3.8) is 0 Å². The van der Waals surface area contributed by atoms with E-state index in [9.17, 15) is 4.79 Å². The molecule has 0 saturated carbocycles. The fourth-order valence-electron chi connectivity index (χ4n) is 4.18. The summed E-state index contributed by atoms with van der Waals surface area (Å²) in [5.41, 5.74) is 0.890. The monoisotopic (exact) mass is 275 g/mol. The Hall–Kier alpha value is -1.36. The second kappa shape index (κ2) is 4.58. The number of carbonyl (C=O) groups is 1. The first kappa shape index (κ1) is 12.4. The minimum atomic E-state index is 0.0998. The van der Waals surface area contributed by atoms with Gasteiger partial charge in [-0.1, -0.05) is 5.16 Å². The highest BCUT2D eigenvalue weighted by molar-refractivity contribution is 5.81. The SMILES string of the molecule is Cc1cc(C2CCCN2C(=O)C2CC3CCC2N3)on1. The number of rotatable bonds is 2. The van der Waals surface area contributed by atoms with Crippen LogP contribution in [0.5, 0.6) is 0 Å². The predicted molar refractivity (Wildman–Crippen MR) is 73.0 cm³/mol. The molecule has 5 heteroatoms. The Bertz CT molecular complexity index is 527. The van der Waals surface area contributed by atoms with Gasteiger partial charge in [-0.05, 0) is 39.0 Å². The van der Waals surface area contributed by atoms with E-state index in [2.05, 4.69) is 10.5 Å². The summed E-state index contributed by atoms with van der Waals surface area (Å²) in [7, 11) is 0. The number of fused-ring (bicyclic) bond motifs is 2. The molecule has 3 aliphatic heterocycles. The third kappa shape index (κ3) is 1.87. The van der Waals surface area contributed by atoms with Crippen LogP contribution in [0.2, 0.25) is 0 Å². The lowest BCUT2D eigenvalue weighted by Gasteiger charge is -2.29. The molecular formula is C15H21N3O2. The Labute approximate surface area is 118 Å². The molecule has 4 atom stereocenters. The molecule has 0 aliphatic carbocycles. The van der Waals surface area contributed by atoms with E-state index in [1.807, 2.05) is 17.9 Å². The van der Waals surface area contributed by atoms with Crippen LogP contribution < -0.4 is 5.32 Å². The second-order valence-electron chi connectivity index (χ2n) is 6.45. The van der Waals surface area contributed by atoms with Crippen LogP contribution >= 0.6 is 0 Å². The zero-order valence-electron chi connectivity index (χ0n) is 11.8. The molecule has 4 unspecified atom stereocenters. The van der Waals surface area contributed by atoms with E-state index in [1.165, 1.54) is 6.42 Å². The lowest BCUT2D eigenvalue weighted by Crippen LogP contribution is -2.40. The van der Waals surface area contributed by atoms with Crippen LogP contribution in [0.4, 0.5) is 0 Å². The van der Waals surface area contributed by atoms with Crippen LogP contribution in [0.3, 0.4) is 0 Å². The van der Waals surface area contributed by atoms with Crippen LogP contribution in [-0.2, 0) is 4.79 Å². The highest BCUT2D eigenvalue weighted by Gasteiger charge is 2.46. The predicted octanol–water partition coefficient (Wildman–Crippen LogP) is 1.79. The molecule has 5 nitrogen and oxygen atoms in total. The lowest BCUT2D eigenvalue weighted by atomic mass is 9.88. The number of hydrogen-bond donors (Lipinski definition) is 1. The van der Waals surface area contributed by atoms with Gasteiger partial charge in [0.2, 0.25) is 5.91 Å². The van der Waals surface area contributed by atoms with Crippen molar-refractivity contribution in [3.8, 4) is 0 Å². The first-order valence-corrected chi connectivity index (χ1v) is 7.72. The molecule has 4 heterocycles. The van der Waals surface area contributed by atoms with Crippen LogP contribution in [0.1, 0.15) is 49.6 Å². The minimum Gasteiger partial charge on any atom is -0.359 e. The topological polar surface area (TPSA) is 58.4 Å². The van der Waals surface area contributed by atoms with Crippen molar-refractivity contribution in [2.75, 3.05) is 6.54 Å². The number of hydrogen-bond acceptors (Lipinski definition) is 4. The summed E-state index contributed by atoms with van der Waals surface area (Å²) in [5, 5.41) is 7.52. The first-order valence-electron chi connectivity index (χ1n) is 7.72. The summed E-state index contributed by atoms with van der Waals surface area (Å²) in [5.74, 6) is 1.35. The normalized spacial score (nSPS) is 36.0. The largest absolute Gasteiger partial charge is 0.359 e. The summed E-state index contributed by atoms with van der Waals surface area (Å²) in [6.07, 6.45) is 5.46. The summed E-state index contributed by atoms with van der Waals surface area (Å²) < 4.78 is 5.39. The van der Waals surface area contributed by atoms with Gasteiger partial charge in [0.15, 0.2) is 5.76 Å². The molecule has 1 aromatic rings. The van der Waals surface area contributed by atoms with E-state index >= 15 is 0 Å². The standard InChI is InChI=1S/C15H21N3O2/c1-9-7-14(20-17-9)13-3-2-6-18(13)15(19)11-8-10-4-5-12(11)16-10/h7,10-13,16H,2-6,8H2,1H3. The Kier molecular flexibility index (Phi) is 2.84. The average molecular weight is 275 g/mol. The molecule has 20 heavy (non-hydrogen) atoms. The van der Waals surface area contributed by atoms with Gasteiger partial charge in [-0.25, -0.2) is 0 Å². The maximum atomic E-state index is 12.9. The molecule has 0 spiro atoms. The molecule has 1 N–H and O–H groups in total. The third-order valence-corrected chi connectivity index (χ3v) is 5.13. The van der Waals surface area contributed by atoms with E-state index < -0.39 is 0 Å². The molecule has 3 fully saturated rings. The molecule has 1 aromatic heterocycles. The van der Waals surface area contributed by atoms with Gasteiger partial charge in [0, 0.05) is 24.7 Å². The Balaban J connectivity index is 1.53. The van der Waals surface area contributed by atoms with Crippen molar-refractivity contribution in [3.05, 3.63) is 17.5 Å². The number of likely N-dealkylation sites (tertiary alicyclic amines) is 1. The van der Waals surface area contributed by atoms with Gasteiger partial charge in [-0.15, -0.1) is 0 Å². The van der Waals surface area contributed by atoms with Gasteiger partial charge in [0.05, 0.1) is 17.7 Å². The average Bonchev–Trinajstić information content (AvgIpc) is 3.20. The second-order valence-corrected chi connectivity index (χ2v) is 6.45. The molecule has 1 amide bonds. The zero-order valence-corrected chi connectivity index (χ0v) is 11.8. The van der Waals surface area contributed by atoms with Gasteiger partial charge in [-0.3, -0.25) is 4.79 Å². The zero-order chi connectivity index (χ0) is 13.7. The number of nitrogens with one attached hydrogen (secondary N) is 1. The number of aryl methyl sites for hydroxylation is 1. The number of amides is 1. The summed E-state index contributed by atoms with van der Waals surface area (Å²) in [6, 6.07) is 3.05. The van der Waals surface area contributed by atoms with Gasteiger partial charge in [0.1, 0.15) is 0 Å². The van der Waals surface area contributed by atoms with Crippen LogP contribution in [0.15, 0.2) is 10.6 Å². The Morgan fingerprint density at radius 1 is 1.45 bits per heavy atom. The molecule has 0 aromatic carbocycles. The fraction of sp³-hybridized carbons (Fsp3) is 0.733. The number of nitrogens with zero attached hydrogens (tertiary/aromatic N) is 2. The highest BCUT2D eigenvalue weighted by atomic mass is 16.5. The molecule has 108 valence electrons. The van der Waals surface area contributed by atoms with Crippen molar-refractivity contribution in [1.29, 1.82) is 0 Å². The van der Waals surface area contributed by atoms with Gasteiger partial charge < -0.3 is 14.7 Å². The van der Waals surface area contributed by atoms with Crippen LogP contribution in [-0.4, -0.2) is 34.6 Å². The van der Waals surface area contributed by atoms with Crippen molar-refractivity contribution >= 4 is 5.91 Å². The Morgan fingerprint density at radius 3 is 3.00 bits per heavy atom. The molecule has 3 aliphatic rings. The van der Waals surface area contributed by atoms with E-state index in [0.29, 0.717) is 18.0 Å². The smallest absolute Gasteiger partial charge is 0.227 e. The van der Waals surface area contributed by atoms with Crippen molar-refractivity contribution in [2.45, 2.75) is 57.2 Å². The molecular weight excluding hydrogens is 254 g/mol. The van der Waals surface area contributed by atoms with Gasteiger partial charge in [0.25, 0.3) is 0 Å². The lowest BCUT2D eigenvalue weighted by molar-refractivity contribution is -0.137. The van der Waals surface area contributed by atoms with E-state index in [-0.39, 0.29) is 12.0 Å². The van der Waals surface area contributed by atoms with Crippen molar-refractivity contribution in [2.24, 2.45) is 5.92 Å². The number of aromatic nitrogens is 1. The summed E-state index contributed by atoms with van der Waals surface area (Å²) in [4.78, 5) is 14.9. The molecule has 4 rings (SSSR count). The Morgan fingerprint density at radius 2 is 2.35 bits per heavy atom. The van der Waals surface area contributed by atoms with E-state index in [0.717, 1.165) is 43.7 Å². The highest BCUT2D eigenvalue weighted by Crippen LogP contribution is 2.39. The summed E-state index contributed by atoms with van der Waals surface area (Å²) in [6.45, 7) is 2.78.